The number of rotatable bonds is 7. The molecule has 12 heteroatoms. The minimum Gasteiger partial charge on any atom is -0.343 e. The first-order valence-corrected chi connectivity index (χ1v) is 17.4. The van der Waals surface area contributed by atoms with Crippen molar-refractivity contribution in [1.29, 1.82) is 0 Å². The third kappa shape index (κ3) is 6.99. The lowest BCUT2D eigenvalue weighted by molar-refractivity contribution is -0.143. The van der Waals surface area contributed by atoms with Crippen molar-refractivity contribution in [2.75, 3.05) is 64.7 Å². The van der Waals surface area contributed by atoms with E-state index < -0.39 is 5.92 Å². The van der Waals surface area contributed by atoms with E-state index in [-0.39, 0.29) is 30.3 Å². The molecule has 47 heavy (non-hydrogen) atoms. The maximum atomic E-state index is 14.1. The normalized spacial score (nSPS) is 22.5. The molecule has 0 radical (unpaired) electrons. The van der Waals surface area contributed by atoms with Crippen LogP contribution in [0.5, 0.6) is 0 Å². The van der Waals surface area contributed by atoms with Gasteiger partial charge < -0.3 is 20.0 Å². The summed E-state index contributed by atoms with van der Waals surface area (Å²) >= 11 is 0. The van der Waals surface area contributed by atoms with Gasteiger partial charge in [-0.1, -0.05) is 24.3 Å². The van der Waals surface area contributed by atoms with Gasteiger partial charge in [0.1, 0.15) is 11.0 Å². The average molecular weight is 642 g/mol. The zero-order valence-corrected chi connectivity index (χ0v) is 27.4. The van der Waals surface area contributed by atoms with Crippen LogP contribution >= 0.6 is 0 Å². The van der Waals surface area contributed by atoms with E-state index in [0.29, 0.717) is 45.3 Å². The molecule has 2 aromatic carbocycles. The number of likely N-dealkylation sites (tertiary alicyclic amines) is 2. The molecule has 0 aliphatic carbocycles. The summed E-state index contributed by atoms with van der Waals surface area (Å²) in [4.78, 5) is 51.9. The van der Waals surface area contributed by atoms with Crippen LogP contribution in [0.25, 0.3) is 11.0 Å². The maximum absolute atomic E-state index is 14.1. The Morgan fingerprint density at radius 3 is 2.47 bits per heavy atom. The largest absolute Gasteiger partial charge is 0.343 e. The molecule has 1 aromatic heterocycles. The molecule has 0 saturated carbocycles. The molecule has 0 spiro atoms. The number of amides is 4. The Morgan fingerprint density at radius 2 is 1.66 bits per heavy atom. The number of H-pyrrole nitrogens is 1. The number of urea groups is 1. The first-order chi connectivity index (χ1) is 22.9. The van der Waals surface area contributed by atoms with Crippen LogP contribution in [0.2, 0.25) is 0 Å². The second kappa shape index (κ2) is 14.0. The lowest BCUT2D eigenvalue weighted by Gasteiger charge is -2.45. The molecule has 4 aliphatic rings. The molecular weight excluding hydrogens is 594 g/mol. The number of nitrogens with zero attached hydrogens (tertiary/aromatic N) is 7. The summed E-state index contributed by atoms with van der Waals surface area (Å²) in [5.74, 6) is -0.381. The molecule has 5 heterocycles. The van der Waals surface area contributed by atoms with Crippen LogP contribution in [0.4, 0.5) is 10.5 Å². The fraction of sp³-hybridized carbons (Fsp3) is 0.571. The minimum atomic E-state index is -0.455. The molecule has 2 unspecified atom stereocenters. The average Bonchev–Trinajstić information content (AvgIpc) is 3.50. The summed E-state index contributed by atoms with van der Waals surface area (Å²) < 4.78 is 0. The molecule has 0 bridgehead atoms. The van der Waals surface area contributed by atoms with Gasteiger partial charge in [-0.2, -0.15) is 15.4 Å². The zero-order chi connectivity index (χ0) is 32.3. The first kappa shape index (κ1) is 31.6. The lowest BCUT2D eigenvalue weighted by atomic mass is 9.92. The molecule has 3 fully saturated rings. The van der Waals surface area contributed by atoms with Crippen LogP contribution in [-0.4, -0.2) is 129 Å². The van der Waals surface area contributed by atoms with Crippen molar-refractivity contribution in [2.45, 2.75) is 63.6 Å². The van der Waals surface area contributed by atoms with E-state index in [1.54, 1.807) is 0 Å². The summed E-state index contributed by atoms with van der Waals surface area (Å²) in [6.07, 6.45) is 7.05. The van der Waals surface area contributed by atoms with Gasteiger partial charge in [0, 0.05) is 64.0 Å². The zero-order valence-electron chi connectivity index (χ0n) is 27.4. The van der Waals surface area contributed by atoms with Crippen molar-refractivity contribution in [1.82, 2.24) is 39.9 Å². The van der Waals surface area contributed by atoms with E-state index in [0.717, 1.165) is 66.7 Å². The van der Waals surface area contributed by atoms with Gasteiger partial charge >= 0.3 is 6.03 Å². The minimum absolute atomic E-state index is 0.0134. The topological polar surface area (TPSA) is 121 Å². The lowest BCUT2D eigenvalue weighted by Crippen LogP contribution is -2.58. The number of carbonyl (C=O) groups is 3. The van der Waals surface area contributed by atoms with Gasteiger partial charge in [-0.25, -0.2) is 4.79 Å². The highest BCUT2D eigenvalue weighted by Crippen LogP contribution is 2.27. The van der Waals surface area contributed by atoms with Gasteiger partial charge in [0.2, 0.25) is 11.8 Å². The van der Waals surface area contributed by atoms with E-state index in [1.807, 2.05) is 51.1 Å². The fourth-order valence-corrected chi connectivity index (χ4v) is 8.07. The van der Waals surface area contributed by atoms with Gasteiger partial charge in [0.05, 0.1) is 12.1 Å². The van der Waals surface area contributed by atoms with Crippen molar-refractivity contribution in [3.8, 4) is 0 Å². The van der Waals surface area contributed by atoms with Gasteiger partial charge in [0.25, 0.3) is 0 Å². The Balaban J connectivity index is 0.989. The van der Waals surface area contributed by atoms with E-state index in [2.05, 4.69) is 43.6 Å². The van der Waals surface area contributed by atoms with Crippen LogP contribution in [0.15, 0.2) is 42.5 Å². The number of para-hydroxylation sites is 1. The summed E-state index contributed by atoms with van der Waals surface area (Å²) in [5, 5.41) is 14.1. The van der Waals surface area contributed by atoms with Crippen LogP contribution in [0.1, 0.15) is 49.7 Å². The van der Waals surface area contributed by atoms with Crippen molar-refractivity contribution < 1.29 is 14.4 Å². The number of piperazine rings is 1. The number of anilines is 1. The van der Waals surface area contributed by atoms with Crippen LogP contribution < -0.4 is 5.32 Å². The molecular formula is C35H47N9O3. The van der Waals surface area contributed by atoms with E-state index in [1.165, 1.54) is 19.3 Å². The molecule has 3 aromatic rings. The Kier molecular flexibility index (Phi) is 9.39. The highest BCUT2D eigenvalue weighted by Gasteiger charge is 2.36. The summed E-state index contributed by atoms with van der Waals surface area (Å²) in [5.41, 5.74) is 4.55. The van der Waals surface area contributed by atoms with Crippen molar-refractivity contribution in [3.63, 3.8) is 0 Å². The number of benzene rings is 2. The molecule has 4 amide bonds. The molecule has 2 atom stereocenters. The van der Waals surface area contributed by atoms with Crippen LogP contribution in [0, 0.1) is 5.92 Å². The van der Waals surface area contributed by atoms with Crippen molar-refractivity contribution >= 4 is 34.6 Å². The third-order valence-electron chi connectivity index (χ3n) is 10.8. The van der Waals surface area contributed by atoms with Crippen LogP contribution in [0.3, 0.4) is 0 Å². The predicted octanol–water partition coefficient (Wildman–Crippen LogP) is 3.17. The number of aromatic nitrogens is 3. The summed E-state index contributed by atoms with van der Waals surface area (Å²) in [7, 11) is 2.21. The fourth-order valence-electron chi connectivity index (χ4n) is 8.07. The Labute approximate surface area is 276 Å². The van der Waals surface area contributed by atoms with Crippen molar-refractivity contribution in [3.05, 3.63) is 53.6 Å². The number of piperidine rings is 2. The number of nitrogens with one attached hydrogen (secondary N) is 2. The highest BCUT2D eigenvalue weighted by atomic mass is 16.2. The molecule has 2 N–H and O–H groups in total. The Morgan fingerprint density at radius 1 is 0.872 bits per heavy atom. The Hall–Kier alpha value is -4.03. The number of hydrogen-bond donors (Lipinski definition) is 2. The molecule has 12 nitrogen and oxygen atoms in total. The van der Waals surface area contributed by atoms with Gasteiger partial charge in [-0.3, -0.25) is 19.4 Å². The second-order valence-corrected chi connectivity index (χ2v) is 13.7. The number of aromatic amines is 1. The standard InChI is InChI=1S/C35H47N9O3/c1-40-14-5-4-8-32(40)41-18-20-43(21-19-41)34(46)27(22-25-9-10-30-31(23-25)38-39-37-30)24-33(45)42-15-12-28(13-16-42)44-17-11-26-6-2-3-7-29(26)36-35(44)47/h2-3,6-7,9-10,23,27-28,32H,4-5,8,11-22,24H2,1H3,(H,36,47)(H,37,38,39). The van der Waals surface area contributed by atoms with Gasteiger partial charge in [0.15, 0.2) is 0 Å². The highest BCUT2D eigenvalue weighted by molar-refractivity contribution is 5.91. The van der Waals surface area contributed by atoms with Gasteiger partial charge in [-0.05, 0) is 87.9 Å². The number of fused-ring (bicyclic) bond motifs is 2. The van der Waals surface area contributed by atoms with E-state index in [4.69, 9.17) is 0 Å². The van der Waals surface area contributed by atoms with Gasteiger partial charge in [-0.15, -0.1) is 0 Å². The SMILES string of the molecule is CN1CCCCC1N1CCN(C(=O)C(CC(=O)N2CCC(N3CCc4ccccc4NC3=O)CC2)Cc2ccc3n[nH]nc3c2)CC1. The second-order valence-electron chi connectivity index (χ2n) is 13.7. The van der Waals surface area contributed by atoms with Crippen LogP contribution in [-0.2, 0) is 22.4 Å². The number of carbonyl (C=O) groups excluding carboxylic acids is 3. The molecule has 7 rings (SSSR count). The first-order valence-electron chi connectivity index (χ1n) is 17.4. The monoisotopic (exact) mass is 641 g/mol. The van der Waals surface area contributed by atoms with E-state index >= 15 is 0 Å². The molecule has 250 valence electrons. The Bertz CT molecular complexity index is 1580. The number of hydrogen-bond acceptors (Lipinski definition) is 7. The smallest absolute Gasteiger partial charge is 0.322 e. The quantitative estimate of drug-likeness (QED) is 0.407. The summed E-state index contributed by atoms with van der Waals surface area (Å²) in [6.45, 7) is 6.04. The molecule has 3 saturated heterocycles. The summed E-state index contributed by atoms with van der Waals surface area (Å²) in [6, 6.07) is 13.9. The maximum Gasteiger partial charge on any atom is 0.322 e. The van der Waals surface area contributed by atoms with Crippen molar-refractivity contribution in [2.24, 2.45) is 5.92 Å². The predicted molar refractivity (Wildman–Crippen MR) is 180 cm³/mol. The van der Waals surface area contributed by atoms with E-state index in [9.17, 15) is 14.4 Å². The third-order valence-corrected chi connectivity index (χ3v) is 10.8. The molecule has 4 aliphatic heterocycles.